The zero-order chi connectivity index (χ0) is 14.2. The number of benzene rings is 1. The first-order valence-corrected chi connectivity index (χ1v) is 8.18. The second kappa shape index (κ2) is 5.28. The van der Waals surface area contributed by atoms with Gasteiger partial charge in [0.05, 0.1) is 13.2 Å². The normalized spacial score (nSPS) is 21.1. The molecule has 108 valence electrons. The van der Waals surface area contributed by atoms with Gasteiger partial charge in [0.15, 0.2) is 0 Å². The van der Waals surface area contributed by atoms with Gasteiger partial charge < -0.3 is 10.1 Å². The molecular weight excluding hydrogens is 282 g/mol. The van der Waals surface area contributed by atoms with Gasteiger partial charge in [0, 0.05) is 28.6 Å². The predicted molar refractivity (Wildman–Crippen MR) is 83.5 cm³/mol. The number of carbonyl (C=O) groups excluding carboxylic acids is 1. The van der Waals surface area contributed by atoms with Gasteiger partial charge in [0.2, 0.25) is 5.91 Å². The van der Waals surface area contributed by atoms with E-state index in [1.165, 1.54) is 26.4 Å². The molecular formula is C17H17NO2S. The molecule has 1 aromatic carbocycles. The van der Waals surface area contributed by atoms with Crippen LogP contribution in [-0.2, 0) is 22.6 Å². The molecule has 0 bridgehead atoms. The second-order valence-electron chi connectivity index (χ2n) is 5.65. The molecule has 1 fully saturated rings. The number of rotatable bonds is 2. The number of thiophene rings is 1. The summed E-state index contributed by atoms with van der Waals surface area (Å²) in [5.41, 5.74) is 4.08. The summed E-state index contributed by atoms with van der Waals surface area (Å²) in [5, 5.41) is 2.92. The molecule has 2 aromatic rings. The van der Waals surface area contributed by atoms with Crippen LogP contribution < -0.4 is 5.32 Å². The Hall–Kier alpha value is -1.65. The highest BCUT2D eigenvalue weighted by Crippen LogP contribution is 2.37. The Balaban J connectivity index is 1.68. The molecule has 1 amide bonds. The molecule has 1 saturated heterocycles. The third-order valence-corrected chi connectivity index (χ3v) is 5.58. The van der Waals surface area contributed by atoms with E-state index >= 15 is 0 Å². The summed E-state index contributed by atoms with van der Waals surface area (Å²) in [4.78, 5) is 14.0. The van der Waals surface area contributed by atoms with Crippen LogP contribution in [0.1, 0.15) is 28.3 Å². The van der Waals surface area contributed by atoms with Gasteiger partial charge in [-0.3, -0.25) is 4.79 Å². The smallest absolute Gasteiger partial charge is 0.220 e. The predicted octanol–water partition coefficient (Wildman–Crippen LogP) is 3.09. The van der Waals surface area contributed by atoms with E-state index in [9.17, 15) is 4.79 Å². The zero-order valence-corrected chi connectivity index (χ0v) is 12.5. The van der Waals surface area contributed by atoms with Crippen molar-refractivity contribution in [2.75, 3.05) is 13.2 Å². The molecule has 1 unspecified atom stereocenters. The number of amides is 1. The molecule has 0 saturated carbocycles. The van der Waals surface area contributed by atoms with E-state index in [2.05, 4.69) is 35.6 Å². The number of hydrogen-bond acceptors (Lipinski definition) is 3. The lowest BCUT2D eigenvalue weighted by atomic mass is 9.96. The fourth-order valence-electron chi connectivity index (χ4n) is 3.18. The number of nitrogens with one attached hydrogen (secondary N) is 1. The Kier molecular flexibility index (Phi) is 3.28. The lowest BCUT2D eigenvalue weighted by Gasteiger charge is -2.19. The molecule has 2 aliphatic heterocycles. The molecule has 0 spiro atoms. The summed E-state index contributed by atoms with van der Waals surface area (Å²) < 4.78 is 5.54. The van der Waals surface area contributed by atoms with Crippen molar-refractivity contribution in [3.63, 3.8) is 0 Å². The van der Waals surface area contributed by atoms with E-state index < -0.39 is 0 Å². The first kappa shape index (κ1) is 13.0. The van der Waals surface area contributed by atoms with Gasteiger partial charge in [-0.15, -0.1) is 11.3 Å². The Bertz CT molecular complexity index is 692. The van der Waals surface area contributed by atoms with Gasteiger partial charge in [-0.25, -0.2) is 0 Å². The SMILES string of the molecule is O=C1CC(c2ccc(-c3cccc4c3CCOC4)s2)CN1. The summed E-state index contributed by atoms with van der Waals surface area (Å²) in [7, 11) is 0. The van der Waals surface area contributed by atoms with Gasteiger partial charge in [-0.1, -0.05) is 18.2 Å². The quantitative estimate of drug-likeness (QED) is 0.925. The van der Waals surface area contributed by atoms with E-state index in [1.807, 2.05) is 11.3 Å². The summed E-state index contributed by atoms with van der Waals surface area (Å²) >= 11 is 1.83. The van der Waals surface area contributed by atoms with Gasteiger partial charge >= 0.3 is 0 Å². The second-order valence-corrected chi connectivity index (χ2v) is 6.77. The minimum atomic E-state index is 0.171. The molecule has 1 N–H and O–H groups in total. The topological polar surface area (TPSA) is 38.3 Å². The Morgan fingerprint density at radius 1 is 1.24 bits per heavy atom. The Labute approximate surface area is 127 Å². The molecule has 0 radical (unpaired) electrons. The lowest BCUT2D eigenvalue weighted by Crippen LogP contribution is -2.13. The van der Waals surface area contributed by atoms with Crippen molar-refractivity contribution in [3.05, 3.63) is 46.3 Å². The van der Waals surface area contributed by atoms with Crippen LogP contribution in [0, 0.1) is 0 Å². The van der Waals surface area contributed by atoms with Crippen molar-refractivity contribution < 1.29 is 9.53 Å². The van der Waals surface area contributed by atoms with E-state index in [4.69, 9.17) is 4.74 Å². The highest BCUT2D eigenvalue weighted by molar-refractivity contribution is 7.15. The van der Waals surface area contributed by atoms with Gasteiger partial charge in [-0.05, 0) is 35.2 Å². The minimum Gasteiger partial charge on any atom is -0.376 e. The maximum Gasteiger partial charge on any atom is 0.220 e. The average Bonchev–Trinajstić information content (AvgIpc) is 3.15. The van der Waals surface area contributed by atoms with Crippen LogP contribution in [0.2, 0.25) is 0 Å². The first-order chi connectivity index (χ1) is 10.3. The number of carbonyl (C=O) groups is 1. The van der Waals surface area contributed by atoms with Crippen molar-refractivity contribution in [2.45, 2.75) is 25.4 Å². The lowest BCUT2D eigenvalue weighted by molar-refractivity contribution is -0.119. The van der Waals surface area contributed by atoms with E-state index in [1.54, 1.807) is 0 Å². The van der Waals surface area contributed by atoms with E-state index in [-0.39, 0.29) is 5.91 Å². The van der Waals surface area contributed by atoms with Crippen molar-refractivity contribution in [2.24, 2.45) is 0 Å². The van der Waals surface area contributed by atoms with Crippen molar-refractivity contribution in [3.8, 4) is 10.4 Å². The largest absolute Gasteiger partial charge is 0.376 e. The van der Waals surface area contributed by atoms with Crippen LogP contribution in [0.5, 0.6) is 0 Å². The molecule has 4 rings (SSSR count). The number of hydrogen-bond donors (Lipinski definition) is 1. The van der Waals surface area contributed by atoms with Crippen molar-refractivity contribution in [1.29, 1.82) is 0 Å². The summed E-state index contributed by atoms with van der Waals surface area (Å²) in [6.07, 6.45) is 1.61. The molecule has 21 heavy (non-hydrogen) atoms. The molecule has 4 heteroatoms. The molecule has 1 atom stereocenters. The van der Waals surface area contributed by atoms with Crippen LogP contribution >= 0.6 is 11.3 Å². The Morgan fingerprint density at radius 3 is 3.05 bits per heavy atom. The van der Waals surface area contributed by atoms with Crippen LogP contribution in [0.4, 0.5) is 0 Å². The molecule has 0 aliphatic carbocycles. The fourth-order valence-corrected chi connectivity index (χ4v) is 4.34. The third-order valence-electron chi connectivity index (χ3n) is 4.30. The minimum absolute atomic E-state index is 0.171. The van der Waals surface area contributed by atoms with Crippen LogP contribution in [0.25, 0.3) is 10.4 Å². The monoisotopic (exact) mass is 299 g/mol. The third kappa shape index (κ3) is 2.39. The molecule has 3 heterocycles. The molecule has 2 aliphatic rings. The van der Waals surface area contributed by atoms with Gasteiger partial charge in [0.1, 0.15) is 0 Å². The van der Waals surface area contributed by atoms with Crippen molar-refractivity contribution >= 4 is 17.2 Å². The number of fused-ring (bicyclic) bond motifs is 1. The van der Waals surface area contributed by atoms with Crippen LogP contribution in [0.15, 0.2) is 30.3 Å². The highest BCUT2D eigenvalue weighted by Gasteiger charge is 2.25. The van der Waals surface area contributed by atoms with Gasteiger partial charge in [0.25, 0.3) is 0 Å². The van der Waals surface area contributed by atoms with E-state index in [0.717, 1.165) is 26.2 Å². The van der Waals surface area contributed by atoms with Crippen LogP contribution in [0.3, 0.4) is 0 Å². The maximum atomic E-state index is 11.4. The average molecular weight is 299 g/mol. The standard InChI is InChI=1S/C17H17NO2S/c19-17-8-12(9-18-17)15-4-5-16(21-15)14-3-1-2-11-10-20-7-6-13(11)14/h1-5,12H,6-10H2,(H,18,19). The van der Waals surface area contributed by atoms with Gasteiger partial charge in [-0.2, -0.15) is 0 Å². The summed E-state index contributed by atoms with van der Waals surface area (Å²) in [5.74, 6) is 0.517. The summed E-state index contributed by atoms with van der Waals surface area (Å²) in [6, 6.07) is 10.9. The zero-order valence-electron chi connectivity index (χ0n) is 11.7. The maximum absolute atomic E-state index is 11.4. The fraction of sp³-hybridized carbons (Fsp3) is 0.353. The number of ether oxygens (including phenoxy) is 1. The molecule has 1 aromatic heterocycles. The summed E-state index contributed by atoms with van der Waals surface area (Å²) in [6.45, 7) is 2.31. The van der Waals surface area contributed by atoms with Crippen molar-refractivity contribution in [1.82, 2.24) is 5.32 Å². The molecule has 3 nitrogen and oxygen atoms in total. The first-order valence-electron chi connectivity index (χ1n) is 7.36. The highest BCUT2D eigenvalue weighted by atomic mass is 32.1. The van der Waals surface area contributed by atoms with E-state index in [0.29, 0.717) is 12.3 Å². The van der Waals surface area contributed by atoms with Crippen LogP contribution in [-0.4, -0.2) is 19.1 Å². The Morgan fingerprint density at radius 2 is 2.19 bits per heavy atom.